The van der Waals surface area contributed by atoms with E-state index >= 15 is 0 Å². The normalized spacial score (nSPS) is 16.2. The monoisotopic (exact) mass is 323 g/mol. The topological polar surface area (TPSA) is 38.1 Å². The largest absolute Gasteiger partial charge is 0.310 e. The van der Waals surface area contributed by atoms with Crippen molar-refractivity contribution in [3.63, 3.8) is 0 Å². The SMILES string of the molecule is CC(=Nc1ccc(S(F)(F)(F)(F)F)cc1)c1cncnc1. The second-order valence-corrected chi connectivity index (χ2v) is 6.70. The van der Waals surface area contributed by atoms with Crippen LogP contribution in [0.25, 0.3) is 0 Å². The highest BCUT2D eigenvalue weighted by Gasteiger charge is 2.65. The summed E-state index contributed by atoms with van der Waals surface area (Å²) >= 11 is 0. The Labute approximate surface area is 117 Å². The first-order chi connectivity index (χ1) is 9.45. The highest BCUT2D eigenvalue weighted by molar-refractivity contribution is 8.45. The minimum atomic E-state index is -9.63. The van der Waals surface area contributed by atoms with Gasteiger partial charge in [0, 0.05) is 23.7 Å². The first kappa shape index (κ1) is 15.4. The van der Waals surface area contributed by atoms with Gasteiger partial charge < -0.3 is 0 Å². The Kier molecular flexibility index (Phi) is 3.10. The van der Waals surface area contributed by atoms with Crippen LogP contribution < -0.4 is 0 Å². The van der Waals surface area contributed by atoms with Crippen molar-refractivity contribution in [3.8, 4) is 0 Å². The van der Waals surface area contributed by atoms with Crippen LogP contribution in [-0.2, 0) is 0 Å². The minimum absolute atomic E-state index is 0.127. The molecule has 114 valence electrons. The fraction of sp³-hybridized carbons (Fsp3) is 0.0833. The smallest absolute Gasteiger partial charge is 0.253 e. The van der Waals surface area contributed by atoms with E-state index in [1.54, 1.807) is 6.92 Å². The van der Waals surface area contributed by atoms with E-state index in [9.17, 15) is 19.4 Å². The lowest BCUT2D eigenvalue weighted by atomic mass is 10.2. The van der Waals surface area contributed by atoms with Gasteiger partial charge in [-0.25, -0.2) is 9.97 Å². The average Bonchev–Trinajstić information content (AvgIpc) is 2.37. The molecule has 1 aromatic carbocycles. The number of nitrogens with zero attached hydrogens (tertiary/aromatic N) is 3. The lowest BCUT2D eigenvalue weighted by Gasteiger charge is -2.40. The molecule has 0 spiro atoms. The summed E-state index contributed by atoms with van der Waals surface area (Å²) in [5.74, 6) is 0. The van der Waals surface area contributed by atoms with E-state index < -0.39 is 15.1 Å². The molecule has 21 heavy (non-hydrogen) atoms. The molecule has 0 fully saturated rings. The van der Waals surface area contributed by atoms with Gasteiger partial charge in [-0.05, 0) is 31.2 Å². The molecule has 2 aromatic rings. The predicted molar refractivity (Wildman–Crippen MR) is 71.7 cm³/mol. The lowest BCUT2D eigenvalue weighted by Crippen LogP contribution is -2.05. The Morgan fingerprint density at radius 2 is 1.48 bits per heavy atom. The molecule has 0 bridgehead atoms. The van der Waals surface area contributed by atoms with Crippen molar-refractivity contribution in [3.05, 3.63) is 48.5 Å². The van der Waals surface area contributed by atoms with Crippen LogP contribution in [0.1, 0.15) is 12.5 Å². The maximum atomic E-state index is 12.6. The van der Waals surface area contributed by atoms with Gasteiger partial charge in [0.1, 0.15) is 11.2 Å². The molecular formula is C12H10F5N3S. The number of halogens is 5. The zero-order chi connectivity index (χ0) is 15.8. The van der Waals surface area contributed by atoms with E-state index in [0.29, 0.717) is 23.4 Å². The molecule has 0 unspecified atom stereocenters. The van der Waals surface area contributed by atoms with Crippen molar-refractivity contribution in [1.82, 2.24) is 9.97 Å². The van der Waals surface area contributed by atoms with Gasteiger partial charge in [0.25, 0.3) is 0 Å². The molecular weight excluding hydrogens is 313 g/mol. The van der Waals surface area contributed by atoms with E-state index in [4.69, 9.17) is 0 Å². The van der Waals surface area contributed by atoms with Gasteiger partial charge in [0.15, 0.2) is 0 Å². The van der Waals surface area contributed by atoms with Crippen LogP contribution in [0.5, 0.6) is 0 Å². The third kappa shape index (κ3) is 3.97. The molecule has 3 nitrogen and oxygen atoms in total. The first-order valence-corrected chi connectivity index (χ1v) is 7.56. The molecule has 1 heterocycles. The van der Waals surface area contributed by atoms with Crippen LogP contribution in [-0.4, -0.2) is 15.7 Å². The maximum Gasteiger partial charge on any atom is 0.310 e. The second kappa shape index (κ2) is 4.23. The summed E-state index contributed by atoms with van der Waals surface area (Å²) in [7, 11) is -9.63. The Balaban J connectivity index is 2.34. The minimum Gasteiger partial charge on any atom is -0.253 e. The van der Waals surface area contributed by atoms with Crippen molar-refractivity contribution in [2.75, 3.05) is 0 Å². The number of benzene rings is 1. The molecule has 2 rings (SSSR count). The Morgan fingerprint density at radius 3 is 1.95 bits per heavy atom. The molecule has 1 aromatic heterocycles. The highest BCUT2D eigenvalue weighted by atomic mass is 32.5. The van der Waals surface area contributed by atoms with E-state index in [1.807, 2.05) is 0 Å². The van der Waals surface area contributed by atoms with Crippen LogP contribution in [0.2, 0.25) is 0 Å². The summed E-state index contributed by atoms with van der Waals surface area (Å²) < 4.78 is 62.8. The number of rotatable bonds is 3. The number of aromatic nitrogens is 2. The molecule has 0 saturated carbocycles. The van der Waals surface area contributed by atoms with Gasteiger partial charge in [-0.15, -0.1) is 0 Å². The van der Waals surface area contributed by atoms with Gasteiger partial charge >= 0.3 is 10.2 Å². The Hall–Kier alpha value is -2.03. The molecule has 0 saturated heterocycles. The summed E-state index contributed by atoms with van der Waals surface area (Å²) in [6.45, 7) is 1.61. The van der Waals surface area contributed by atoms with Gasteiger partial charge in [-0.3, -0.25) is 4.99 Å². The fourth-order valence-corrected chi connectivity index (χ4v) is 2.17. The van der Waals surface area contributed by atoms with Crippen molar-refractivity contribution < 1.29 is 19.4 Å². The molecule has 0 atom stereocenters. The van der Waals surface area contributed by atoms with E-state index in [-0.39, 0.29) is 5.69 Å². The summed E-state index contributed by atoms with van der Waals surface area (Å²) in [6, 6.07) is 2.44. The summed E-state index contributed by atoms with van der Waals surface area (Å²) in [5.41, 5.74) is 1.16. The fourth-order valence-electron chi connectivity index (χ4n) is 1.52. The zero-order valence-electron chi connectivity index (χ0n) is 10.7. The van der Waals surface area contributed by atoms with E-state index in [2.05, 4.69) is 15.0 Å². The second-order valence-electron chi connectivity index (χ2n) is 4.29. The Bertz CT molecular complexity index is 681. The van der Waals surface area contributed by atoms with Gasteiger partial charge in [-0.2, -0.15) is 0 Å². The van der Waals surface area contributed by atoms with E-state index in [0.717, 1.165) is 12.1 Å². The predicted octanol–water partition coefficient (Wildman–Crippen LogP) is 5.27. The molecule has 9 heteroatoms. The van der Waals surface area contributed by atoms with E-state index in [1.165, 1.54) is 18.7 Å². The summed E-state index contributed by atoms with van der Waals surface area (Å²) in [4.78, 5) is 9.65. The van der Waals surface area contributed by atoms with Crippen molar-refractivity contribution in [1.29, 1.82) is 0 Å². The molecule has 0 N–H and O–H groups in total. The van der Waals surface area contributed by atoms with Crippen molar-refractivity contribution in [2.24, 2.45) is 4.99 Å². The molecule has 0 aliphatic carbocycles. The van der Waals surface area contributed by atoms with Crippen LogP contribution in [0, 0.1) is 0 Å². The summed E-state index contributed by atoms with van der Waals surface area (Å²) in [5, 5.41) is 0. The highest BCUT2D eigenvalue weighted by Crippen LogP contribution is 3.02. The number of hydrogen-bond donors (Lipinski definition) is 0. The standard InChI is InChI=1S/C12H10F5N3S/c1-9(10-6-18-8-19-7-10)20-11-2-4-12(5-3-11)21(13,14,15,16)17/h2-8H,1H3. The number of hydrogen-bond acceptors (Lipinski definition) is 3. The van der Waals surface area contributed by atoms with Gasteiger partial charge in [0.05, 0.1) is 5.69 Å². The molecule has 0 radical (unpaired) electrons. The molecule has 0 amide bonds. The summed E-state index contributed by atoms with van der Waals surface area (Å²) in [6.07, 6.45) is 4.28. The first-order valence-electron chi connectivity index (χ1n) is 5.60. The third-order valence-corrected chi connectivity index (χ3v) is 3.72. The average molecular weight is 323 g/mol. The lowest BCUT2D eigenvalue weighted by molar-refractivity contribution is 0.364. The van der Waals surface area contributed by atoms with Crippen LogP contribution in [0.4, 0.5) is 25.1 Å². The maximum absolute atomic E-state index is 12.6. The van der Waals surface area contributed by atoms with Crippen LogP contribution in [0.3, 0.4) is 0 Å². The van der Waals surface area contributed by atoms with Crippen LogP contribution in [0.15, 0.2) is 52.9 Å². The Morgan fingerprint density at radius 1 is 0.952 bits per heavy atom. The molecule has 0 aliphatic rings. The van der Waals surface area contributed by atoms with Gasteiger partial charge in [-0.1, -0.05) is 19.4 Å². The van der Waals surface area contributed by atoms with Crippen molar-refractivity contribution in [2.45, 2.75) is 11.8 Å². The van der Waals surface area contributed by atoms with Crippen LogP contribution >= 0.6 is 10.2 Å². The zero-order valence-corrected chi connectivity index (χ0v) is 11.5. The third-order valence-electron chi connectivity index (χ3n) is 2.56. The van der Waals surface area contributed by atoms with Gasteiger partial charge in [0.2, 0.25) is 0 Å². The molecule has 0 aliphatic heterocycles. The number of aliphatic imine (C=N–C) groups is 1. The quantitative estimate of drug-likeness (QED) is 0.570. The van der Waals surface area contributed by atoms with Crippen molar-refractivity contribution >= 4 is 21.6 Å².